The van der Waals surface area contributed by atoms with E-state index in [-0.39, 0.29) is 0 Å². The zero-order valence-corrected chi connectivity index (χ0v) is 11.7. The lowest BCUT2D eigenvalue weighted by atomic mass is 10.3. The Hall–Kier alpha value is -2.02. The van der Waals surface area contributed by atoms with Gasteiger partial charge in [0.1, 0.15) is 12.1 Å². The average Bonchev–Trinajstić information content (AvgIpc) is 2.87. The Morgan fingerprint density at radius 3 is 3.00 bits per heavy atom. The normalized spacial score (nSPS) is 10.8. The maximum atomic E-state index is 5.80. The summed E-state index contributed by atoms with van der Waals surface area (Å²) in [6.45, 7) is 2.03. The highest BCUT2D eigenvalue weighted by atomic mass is 79.9. The van der Waals surface area contributed by atoms with E-state index in [1.165, 1.54) is 6.33 Å². The molecule has 96 valence electrons. The lowest BCUT2D eigenvalue weighted by Gasteiger charge is -2.08. The van der Waals surface area contributed by atoms with Gasteiger partial charge in [0.25, 0.3) is 5.78 Å². The molecular formula is C12H10BrN5O. The number of halogens is 1. The predicted molar refractivity (Wildman–Crippen MR) is 72.2 cm³/mol. The number of pyridine rings is 1. The van der Waals surface area contributed by atoms with Gasteiger partial charge in [-0.05, 0) is 28.4 Å². The zero-order chi connectivity index (χ0) is 13.2. The van der Waals surface area contributed by atoms with Crippen molar-refractivity contribution >= 4 is 21.7 Å². The van der Waals surface area contributed by atoms with Gasteiger partial charge in [-0.25, -0.2) is 4.98 Å². The minimum atomic E-state index is 0.525. The fraction of sp³-hybridized carbons (Fsp3) is 0.167. The summed E-state index contributed by atoms with van der Waals surface area (Å²) >= 11 is 3.36. The predicted octanol–water partition coefficient (Wildman–Crippen LogP) is 2.64. The van der Waals surface area contributed by atoms with Gasteiger partial charge < -0.3 is 4.74 Å². The van der Waals surface area contributed by atoms with Crippen LogP contribution in [-0.4, -0.2) is 24.6 Å². The van der Waals surface area contributed by atoms with Crippen LogP contribution in [0.15, 0.2) is 35.3 Å². The Balaban J connectivity index is 2.06. The number of hydrogen-bond donors (Lipinski definition) is 0. The largest absolute Gasteiger partial charge is 0.437 e. The van der Waals surface area contributed by atoms with Crippen molar-refractivity contribution in [1.82, 2.24) is 24.6 Å². The minimum Gasteiger partial charge on any atom is -0.437 e. The van der Waals surface area contributed by atoms with Gasteiger partial charge in [-0.3, -0.25) is 4.98 Å². The fourth-order valence-electron chi connectivity index (χ4n) is 1.65. The molecular weight excluding hydrogens is 310 g/mol. The van der Waals surface area contributed by atoms with E-state index < -0.39 is 0 Å². The van der Waals surface area contributed by atoms with E-state index in [4.69, 9.17) is 4.74 Å². The third-order valence-corrected chi connectivity index (χ3v) is 2.97. The first-order valence-electron chi connectivity index (χ1n) is 5.74. The highest BCUT2D eigenvalue weighted by Gasteiger charge is 2.09. The number of aryl methyl sites for hydroxylation is 1. The van der Waals surface area contributed by atoms with Gasteiger partial charge in [0.15, 0.2) is 0 Å². The second-order valence-corrected chi connectivity index (χ2v) is 4.77. The molecule has 0 radical (unpaired) electrons. The minimum absolute atomic E-state index is 0.525. The Kier molecular flexibility index (Phi) is 3.12. The first-order valence-corrected chi connectivity index (χ1v) is 6.53. The summed E-state index contributed by atoms with van der Waals surface area (Å²) in [7, 11) is 0. The molecule has 0 bridgehead atoms. The number of nitrogens with zero attached hydrogens (tertiary/aromatic N) is 5. The molecule has 3 aromatic rings. The summed E-state index contributed by atoms with van der Waals surface area (Å²) in [5, 5.41) is 4.10. The lowest BCUT2D eigenvalue weighted by Crippen LogP contribution is -2.00. The quantitative estimate of drug-likeness (QED) is 0.742. The van der Waals surface area contributed by atoms with Crippen LogP contribution in [0.4, 0.5) is 0 Å². The molecule has 0 saturated heterocycles. The van der Waals surface area contributed by atoms with Crippen LogP contribution in [0.1, 0.15) is 12.6 Å². The molecule has 19 heavy (non-hydrogen) atoms. The molecule has 0 atom stereocenters. The van der Waals surface area contributed by atoms with E-state index in [2.05, 4.69) is 36.0 Å². The van der Waals surface area contributed by atoms with Crippen LogP contribution in [0, 0.1) is 0 Å². The molecule has 6 nitrogen and oxygen atoms in total. The SMILES string of the molecule is CCc1cc(Oc2cncc(Br)c2)n2ncnc2n1. The topological polar surface area (TPSA) is 65.2 Å². The molecule has 0 aromatic carbocycles. The van der Waals surface area contributed by atoms with Crippen molar-refractivity contribution < 1.29 is 4.74 Å². The molecule has 0 unspecified atom stereocenters. The summed E-state index contributed by atoms with van der Waals surface area (Å²) in [4.78, 5) is 12.5. The summed E-state index contributed by atoms with van der Waals surface area (Å²) in [5.41, 5.74) is 0.901. The Bertz CT molecular complexity index is 727. The van der Waals surface area contributed by atoms with Gasteiger partial charge in [-0.15, -0.1) is 0 Å². The van der Waals surface area contributed by atoms with Crippen molar-refractivity contribution in [3.8, 4) is 11.6 Å². The third-order valence-electron chi connectivity index (χ3n) is 2.54. The Morgan fingerprint density at radius 1 is 1.32 bits per heavy atom. The molecule has 0 aliphatic heterocycles. The molecule has 0 aliphatic rings. The van der Waals surface area contributed by atoms with Crippen molar-refractivity contribution in [1.29, 1.82) is 0 Å². The van der Waals surface area contributed by atoms with Gasteiger partial charge in [0.05, 0.1) is 6.20 Å². The van der Waals surface area contributed by atoms with Crippen molar-refractivity contribution in [2.24, 2.45) is 0 Å². The number of aromatic nitrogens is 5. The Labute approximate surface area is 117 Å². The Morgan fingerprint density at radius 2 is 2.21 bits per heavy atom. The van der Waals surface area contributed by atoms with Crippen molar-refractivity contribution in [3.05, 3.63) is 41.0 Å². The van der Waals surface area contributed by atoms with Crippen molar-refractivity contribution in [2.75, 3.05) is 0 Å². The van der Waals surface area contributed by atoms with Crippen molar-refractivity contribution in [2.45, 2.75) is 13.3 Å². The highest BCUT2D eigenvalue weighted by molar-refractivity contribution is 9.10. The monoisotopic (exact) mass is 319 g/mol. The van der Waals surface area contributed by atoms with Crippen molar-refractivity contribution in [3.63, 3.8) is 0 Å². The maximum Gasteiger partial charge on any atom is 0.255 e. The van der Waals surface area contributed by atoms with Crippen LogP contribution in [0.3, 0.4) is 0 Å². The van der Waals surface area contributed by atoms with Crippen LogP contribution in [-0.2, 0) is 6.42 Å². The van der Waals surface area contributed by atoms with Crippen LogP contribution in [0.25, 0.3) is 5.78 Å². The molecule has 0 aliphatic carbocycles. The average molecular weight is 320 g/mol. The number of fused-ring (bicyclic) bond motifs is 1. The van der Waals surface area contributed by atoms with E-state index in [1.807, 2.05) is 19.1 Å². The molecule has 0 saturated carbocycles. The number of hydrogen-bond acceptors (Lipinski definition) is 5. The molecule has 3 aromatic heterocycles. The third kappa shape index (κ3) is 2.41. The highest BCUT2D eigenvalue weighted by Crippen LogP contribution is 2.23. The van der Waals surface area contributed by atoms with Crippen LogP contribution in [0.2, 0.25) is 0 Å². The summed E-state index contributed by atoms with van der Waals surface area (Å²) in [6.07, 6.45) is 5.59. The van der Waals surface area contributed by atoms with Crippen LogP contribution >= 0.6 is 15.9 Å². The van der Waals surface area contributed by atoms with E-state index in [1.54, 1.807) is 16.9 Å². The first-order chi connectivity index (χ1) is 9.26. The molecule has 0 amide bonds. The summed E-state index contributed by atoms with van der Waals surface area (Å²) in [5.74, 6) is 1.72. The van der Waals surface area contributed by atoms with E-state index >= 15 is 0 Å². The van der Waals surface area contributed by atoms with Gasteiger partial charge in [0, 0.05) is 22.4 Å². The molecule has 0 spiro atoms. The summed E-state index contributed by atoms with van der Waals surface area (Å²) < 4.78 is 8.21. The smallest absolute Gasteiger partial charge is 0.255 e. The first kappa shape index (κ1) is 12.0. The van der Waals surface area contributed by atoms with Crippen LogP contribution < -0.4 is 4.74 Å². The second-order valence-electron chi connectivity index (χ2n) is 3.85. The van der Waals surface area contributed by atoms with Gasteiger partial charge >= 0.3 is 0 Å². The van der Waals surface area contributed by atoms with E-state index in [9.17, 15) is 0 Å². The van der Waals surface area contributed by atoms with Gasteiger partial charge in [0.2, 0.25) is 5.88 Å². The standard InChI is InChI=1S/C12H10BrN5O/c1-2-9-4-11(18-12(17-9)15-7-16-18)19-10-3-8(13)5-14-6-10/h3-7H,2H2,1H3. The van der Waals surface area contributed by atoms with Crippen LogP contribution in [0.5, 0.6) is 11.6 Å². The second kappa shape index (κ2) is 4.93. The molecule has 0 N–H and O–H groups in total. The van der Waals surface area contributed by atoms with E-state index in [0.29, 0.717) is 17.4 Å². The molecule has 3 heterocycles. The number of rotatable bonds is 3. The van der Waals surface area contributed by atoms with Gasteiger partial charge in [-0.1, -0.05) is 6.92 Å². The fourth-order valence-corrected chi connectivity index (χ4v) is 2.00. The molecule has 7 heteroatoms. The molecule has 0 fully saturated rings. The molecule has 3 rings (SSSR count). The maximum absolute atomic E-state index is 5.80. The lowest BCUT2D eigenvalue weighted by molar-refractivity contribution is 0.442. The summed E-state index contributed by atoms with van der Waals surface area (Å²) in [6, 6.07) is 3.68. The number of ether oxygens (including phenoxy) is 1. The van der Waals surface area contributed by atoms with E-state index in [0.717, 1.165) is 16.6 Å². The zero-order valence-electron chi connectivity index (χ0n) is 10.1. The van der Waals surface area contributed by atoms with Gasteiger partial charge in [-0.2, -0.15) is 14.6 Å².